The molecule has 46 heavy (non-hydrogen) atoms. The topological polar surface area (TPSA) is 125 Å². The van der Waals surface area contributed by atoms with Crippen LogP contribution in [-0.4, -0.2) is 56.5 Å². The molecule has 0 radical (unpaired) electrons. The lowest BCUT2D eigenvalue weighted by Gasteiger charge is -2.29. The van der Waals surface area contributed by atoms with E-state index in [1.54, 1.807) is 6.33 Å². The number of likely N-dealkylation sites (tertiary alicyclic amines) is 1. The van der Waals surface area contributed by atoms with Gasteiger partial charge in [-0.2, -0.15) is 0 Å². The summed E-state index contributed by atoms with van der Waals surface area (Å²) < 4.78 is 11.0. The van der Waals surface area contributed by atoms with Crippen molar-refractivity contribution in [2.75, 3.05) is 13.7 Å². The first kappa shape index (κ1) is 28.1. The lowest BCUT2D eigenvalue weighted by atomic mass is 9.91. The van der Waals surface area contributed by atoms with Gasteiger partial charge in [0.25, 0.3) is 0 Å². The number of aromatic amines is 2. The van der Waals surface area contributed by atoms with Crippen molar-refractivity contribution < 1.29 is 19.1 Å². The average molecular weight is 615 g/mol. The molecule has 0 spiro atoms. The highest BCUT2D eigenvalue weighted by atomic mass is 16.5. The number of amides is 2. The Labute approximate surface area is 265 Å². The van der Waals surface area contributed by atoms with Gasteiger partial charge in [0.05, 0.1) is 41.5 Å². The van der Waals surface area contributed by atoms with Crippen LogP contribution in [0.3, 0.4) is 0 Å². The Morgan fingerprint density at radius 2 is 1.87 bits per heavy atom. The largest absolute Gasteiger partial charge is 0.488 e. The summed E-state index contributed by atoms with van der Waals surface area (Å²) in [6.45, 7) is 4.93. The number of fused-ring (bicyclic) bond motifs is 7. The van der Waals surface area contributed by atoms with Crippen LogP contribution in [0.15, 0.2) is 67.0 Å². The fourth-order valence-electron chi connectivity index (χ4n) is 6.96. The Kier molecular flexibility index (Phi) is 6.66. The van der Waals surface area contributed by atoms with Crippen molar-refractivity contribution in [1.29, 1.82) is 0 Å². The van der Waals surface area contributed by atoms with Crippen molar-refractivity contribution in [2.24, 2.45) is 5.92 Å². The number of ether oxygens (including phenoxy) is 2. The third-order valence-electron chi connectivity index (χ3n) is 9.36. The third-order valence-corrected chi connectivity index (χ3v) is 9.36. The van der Waals surface area contributed by atoms with E-state index in [0.29, 0.717) is 13.2 Å². The van der Waals surface area contributed by atoms with E-state index in [4.69, 9.17) is 14.5 Å². The molecule has 0 saturated carbocycles. The van der Waals surface area contributed by atoms with Crippen LogP contribution in [0.5, 0.6) is 5.75 Å². The molecular formula is C36H34N6O4. The minimum Gasteiger partial charge on any atom is -0.488 e. The number of alkyl carbamates (subject to hydrolysis) is 1. The molecule has 2 aliphatic rings. The number of nitrogens with zero attached hydrogens (tertiary/aromatic N) is 3. The molecular weight excluding hydrogens is 580 g/mol. The van der Waals surface area contributed by atoms with Crippen LogP contribution in [0.2, 0.25) is 0 Å². The first-order valence-electron chi connectivity index (χ1n) is 15.7. The second kappa shape index (κ2) is 10.9. The number of hydrogen-bond acceptors (Lipinski definition) is 6. The number of carbonyl (C=O) groups is 2. The van der Waals surface area contributed by atoms with Crippen LogP contribution < -0.4 is 10.1 Å². The first-order valence-corrected chi connectivity index (χ1v) is 15.7. The molecule has 2 aliphatic heterocycles. The summed E-state index contributed by atoms with van der Waals surface area (Å²) in [5, 5.41) is 4.91. The van der Waals surface area contributed by atoms with Gasteiger partial charge < -0.3 is 29.7 Å². The Hall–Kier alpha value is -5.38. The molecule has 2 amide bonds. The van der Waals surface area contributed by atoms with Gasteiger partial charge in [0.2, 0.25) is 5.91 Å². The van der Waals surface area contributed by atoms with Crippen molar-refractivity contribution in [2.45, 2.75) is 45.4 Å². The van der Waals surface area contributed by atoms with Gasteiger partial charge >= 0.3 is 6.09 Å². The number of imidazole rings is 2. The maximum atomic E-state index is 13.6. The van der Waals surface area contributed by atoms with E-state index in [9.17, 15) is 9.59 Å². The van der Waals surface area contributed by atoms with Crippen LogP contribution in [0.4, 0.5) is 4.79 Å². The van der Waals surface area contributed by atoms with Crippen molar-refractivity contribution in [3.63, 3.8) is 0 Å². The van der Waals surface area contributed by atoms with Crippen LogP contribution in [0.25, 0.3) is 55.1 Å². The van der Waals surface area contributed by atoms with Gasteiger partial charge in [-0.15, -0.1) is 0 Å². The normalized spacial score (nSPS) is 16.4. The third kappa shape index (κ3) is 4.63. The molecule has 4 aromatic carbocycles. The molecule has 2 aromatic heterocycles. The van der Waals surface area contributed by atoms with E-state index < -0.39 is 12.1 Å². The number of carbonyl (C=O) groups excluding carboxylic acids is 2. The van der Waals surface area contributed by atoms with E-state index in [-0.39, 0.29) is 17.9 Å². The van der Waals surface area contributed by atoms with Crippen molar-refractivity contribution in [3.05, 3.63) is 78.4 Å². The Bertz CT molecular complexity index is 2160. The van der Waals surface area contributed by atoms with Crippen molar-refractivity contribution in [1.82, 2.24) is 30.2 Å². The molecule has 2 atom stereocenters. The van der Waals surface area contributed by atoms with E-state index >= 15 is 0 Å². The summed E-state index contributed by atoms with van der Waals surface area (Å²) in [6.07, 6.45) is 2.78. The van der Waals surface area contributed by atoms with Crippen LogP contribution in [0, 0.1) is 5.92 Å². The molecule has 0 aliphatic carbocycles. The van der Waals surface area contributed by atoms with Gasteiger partial charge in [-0.1, -0.05) is 38.1 Å². The van der Waals surface area contributed by atoms with Gasteiger partial charge in [0, 0.05) is 17.5 Å². The Morgan fingerprint density at radius 3 is 2.72 bits per heavy atom. The predicted molar refractivity (Wildman–Crippen MR) is 176 cm³/mol. The molecule has 10 nitrogen and oxygen atoms in total. The zero-order valence-electron chi connectivity index (χ0n) is 25.9. The van der Waals surface area contributed by atoms with Crippen molar-refractivity contribution >= 4 is 44.8 Å². The molecule has 232 valence electrons. The second-order valence-electron chi connectivity index (χ2n) is 12.5. The van der Waals surface area contributed by atoms with Gasteiger partial charge in [-0.3, -0.25) is 4.79 Å². The molecule has 1 fully saturated rings. The second-order valence-corrected chi connectivity index (χ2v) is 12.5. The predicted octanol–water partition coefficient (Wildman–Crippen LogP) is 6.86. The number of hydrogen-bond donors (Lipinski definition) is 3. The maximum absolute atomic E-state index is 13.6. The highest BCUT2D eigenvalue weighted by molar-refractivity contribution is 6.06. The molecule has 6 aromatic rings. The fourth-order valence-corrected chi connectivity index (χ4v) is 6.96. The number of rotatable bonds is 5. The number of aromatic nitrogens is 4. The Balaban J connectivity index is 1.08. The molecule has 0 bridgehead atoms. The monoisotopic (exact) mass is 614 g/mol. The SMILES string of the molecule is COC(=O)N[C@H](C(=O)N1CCC[C@H]1c1nc2ccc(-c3ccc4c(c3)COc3cc5c(ccc6[nH]cnc65)cc3-4)cc2[nH]1)C(C)C. The summed E-state index contributed by atoms with van der Waals surface area (Å²) in [6, 6.07) is 20.4. The lowest BCUT2D eigenvalue weighted by molar-refractivity contribution is -0.135. The summed E-state index contributed by atoms with van der Waals surface area (Å²) in [7, 11) is 1.30. The summed E-state index contributed by atoms with van der Waals surface area (Å²) in [4.78, 5) is 43.5. The number of methoxy groups -OCH3 is 1. The molecule has 3 N–H and O–H groups in total. The van der Waals surface area contributed by atoms with Crippen LogP contribution >= 0.6 is 0 Å². The van der Waals surface area contributed by atoms with Gasteiger partial charge in [-0.05, 0) is 82.8 Å². The Morgan fingerprint density at radius 1 is 1.02 bits per heavy atom. The highest BCUT2D eigenvalue weighted by Gasteiger charge is 2.37. The number of H-pyrrole nitrogens is 2. The van der Waals surface area contributed by atoms with Crippen LogP contribution in [0.1, 0.15) is 44.1 Å². The van der Waals surface area contributed by atoms with E-state index in [0.717, 1.165) is 79.5 Å². The van der Waals surface area contributed by atoms with Crippen molar-refractivity contribution in [3.8, 4) is 28.0 Å². The van der Waals surface area contributed by atoms with E-state index in [2.05, 4.69) is 74.9 Å². The first-order chi connectivity index (χ1) is 22.4. The average Bonchev–Trinajstić information content (AvgIpc) is 3.84. The molecule has 1 saturated heterocycles. The lowest BCUT2D eigenvalue weighted by Crippen LogP contribution is -2.51. The maximum Gasteiger partial charge on any atom is 0.407 e. The quantitative estimate of drug-likeness (QED) is 0.195. The fraction of sp³-hybridized carbons (Fsp3) is 0.278. The minimum absolute atomic E-state index is 0.0890. The highest BCUT2D eigenvalue weighted by Crippen LogP contribution is 2.42. The zero-order valence-corrected chi connectivity index (χ0v) is 25.9. The van der Waals surface area contributed by atoms with E-state index in [1.807, 2.05) is 24.8 Å². The van der Waals surface area contributed by atoms with Gasteiger partial charge in [0.15, 0.2) is 0 Å². The van der Waals surface area contributed by atoms with Gasteiger partial charge in [0.1, 0.15) is 24.2 Å². The van der Waals surface area contributed by atoms with E-state index in [1.165, 1.54) is 12.7 Å². The minimum atomic E-state index is -0.671. The van der Waals surface area contributed by atoms with Gasteiger partial charge in [-0.25, -0.2) is 14.8 Å². The summed E-state index contributed by atoms with van der Waals surface area (Å²) in [5.41, 5.74) is 9.27. The smallest absolute Gasteiger partial charge is 0.407 e. The summed E-state index contributed by atoms with van der Waals surface area (Å²) >= 11 is 0. The molecule has 8 rings (SSSR count). The summed E-state index contributed by atoms with van der Waals surface area (Å²) in [5.74, 6) is 1.42. The molecule has 0 unspecified atom stereocenters. The number of nitrogens with one attached hydrogen (secondary N) is 3. The molecule has 4 heterocycles. The standard InChI is InChI=1S/C36H34N6O4/c1-19(2)32(41-36(44)45-3)35(43)42-12-4-5-30(42)34-39-27-10-7-21(15-29(27)40-34)20-6-9-24-23(13-20)17-46-31-16-25-22(14-26(24)31)8-11-28-33(25)38-18-37-28/h6-11,13-16,18-19,30,32H,4-5,12,17H2,1-3H3,(H,37,38)(H,39,40)(H,41,44)/t30-,32-/m0/s1. The van der Waals surface area contributed by atoms with Crippen LogP contribution in [-0.2, 0) is 16.1 Å². The molecule has 10 heteroatoms. The zero-order chi connectivity index (χ0) is 31.5. The number of benzene rings is 4.